The van der Waals surface area contributed by atoms with Gasteiger partial charge in [-0.1, -0.05) is 0 Å². The predicted octanol–water partition coefficient (Wildman–Crippen LogP) is 3.28. The summed E-state index contributed by atoms with van der Waals surface area (Å²) >= 11 is 1.76. The number of oxazole rings is 1. The standard InChI is InChI=1S/C16H25N5OS.HI/c1-6-17-16(19-9-14-20-10(2)12(4)22-14)18-8-7-15-21-11(3)13(5)23-15;/h6-9H2,1-5H3,(H2,17,18,19);1H. The molecule has 2 rings (SSSR count). The van der Waals surface area contributed by atoms with Gasteiger partial charge in [0.2, 0.25) is 5.89 Å². The van der Waals surface area contributed by atoms with Crippen molar-refractivity contribution in [3.8, 4) is 0 Å². The topological polar surface area (TPSA) is 75.3 Å². The molecule has 0 aliphatic heterocycles. The maximum absolute atomic E-state index is 5.55. The molecule has 2 aromatic rings. The largest absolute Gasteiger partial charge is 0.444 e. The molecule has 6 nitrogen and oxygen atoms in total. The second kappa shape index (κ2) is 9.97. The zero-order chi connectivity index (χ0) is 16.8. The number of rotatable bonds is 6. The Morgan fingerprint density at radius 3 is 2.42 bits per heavy atom. The molecule has 2 heterocycles. The Morgan fingerprint density at radius 1 is 1.12 bits per heavy atom. The van der Waals surface area contributed by atoms with E-state index in [4.69, 9.17) is 4.42 Å². The van der Waals surface area contributed by atoms with E-state index in [1.165, 1.54) is 4.88 Å². The molecule has 2 N–H and O–H groups in total. The highest BCUT2D eigenvalue weighted by Crippen LogP contribution is 2.16. The predicted molar refractivity (Wildman–Crippen MR) is 110 cm³/mol. The molecule has 8 heteroatoms. The first-order chi connectivity index (χ1) is 11.0. The van der Waals surface area contributed by atoms with Gasteiger partial charge in [-0.25, -0.2) is 15.0 Å². The molecule has 0 saturated carbocycles. The number of nitrogens with zero attached hydrogens (tertiary/aromatic N) is 3. The fraction of sp³-hybridized carbons (Fsp3) is 0.562. The highest BCUT2D eigenvalue weighted by molar-refractivity contribution is 14.0. The molecule has 0 aromatic carbocycles. The van der Waals surface area contributed by atoms with Gasteiger partial charge < -0.3 is 15.1 Å². The van der Waals surface area contributed by atoms with Crippen molar-refractivity contribution in [3.63, 3.8) is 0 Å². The quantitative estimate of drug-likeness (QED) is 0.391. The SMILES string of the molecule is CCNC(=NCc1nc(C)c(C)o1)NCCc1nc(C)c(C)s1.I. The molecular formula is C16H26IN5OS. The normalized spacial score (nSPS) is 11.3. The van der Waals surface area contributed by atoms with Crippen molar-refractivity contribution in [1.82, 2.24) is 20.6 Å². The van der Waals surface area contributed by atoms with Crippen molar-refractivity contribution < 1.29 is 4.42 Å². The van der Waals surface area contributed by atoms with Crippen LogP contribution in [-0.2, 0) is 13.0 Å². The Labute approximate surface area is 164 Å². The Bertz CT molecular complexity index is 641. The summed E-state index contributed by atoms with van der Waals surface area (Å²) in [6.07, 6.45) is 0.890. The van der Waals surface area contributed by atoms with Gasteiger partial charge in [-0.15, -0.1) is 35.3 Å². The first kappa shape index (κ1) is 20.9. The number of halogens is 1. The minimum Gasteiger partial charge on any atom is -0.444 e. The summed E-state index contributed by atoms with van der Waals surface area (Å²) in [4.78, 5) is 14.7. The summed E-state index contributed by atoms with van der Waals surface area (Å²) in [5.41, 5.74) is 2.04. The first-order valence-electron chi connectivity index (χ1n) is 7.87. The van der Waals surface area contributed by atoms with E-state index in [9.17, 15) is 0 Å². The molecule has 0 saturated heterocycles. The number of aliphatic imine (C=N–C) groups is 1. The number of aryl methyl sites for hydroxylation is 4. The second-order valence-electron chi connectivity index (χ2n) is 5.37. The smallest absolute Gasteiger partial charge is 0.216 e. The van der Waals surface area contributed by atoms with Crippen LogP contribution in [0.1, 0.15) is 39.8 Å². The van der Waals surface area contributed by atoms with Crippen molar-refractivity contribution in [3.05, 3.63) is 32.9 Å². The van der Waals surface area contributed by atoms with E-state index in [0.29, 0.717) is 12.4 Å². The maximum atomic E-state index is 5.55. The van der Waals surface area contributed by atoms with Crippen LogP contribution in [0.4, 0.5) is 0 Å². The van der Waals surface area contributed by atoms with Gasteiger partial charge in [-0.05, 0) is 34.6 Å². The van der Waals surface area contributed by atoms with E-state index in [0.717, 1.165) is 47.6 Å². The van der Waals surface area contributed by atoms with E-state index in [-0.39, 0.29) is 24.0 Å². The highest BCUT2D eigenvalue weighted by Gasteiger charge is 2.06. The Hall–Kier alpha value is -1.16. The molecule has 0 unspecified atom stereocenters. The third kappa shape index (κ3) is 6.04. The van der Waals surface area contributed by atoms with Crippen LogP contribution in [0.15, 0.2) is 9.41 Å². The molecule has 0 atom stereocenters. The van der Waals surface area contributed by atoms with Crippen molar-refractivity contribution in [2.24, 2.45) is 4.99 Å². The minimum atomic E-state index is 0. The number of thiazole rings is 1. The van der Waals surface area contributed by atoms with Gasteiger partial charge in [0.15, 0.2) is 5.96 Å². The number of hydrogen-bond acceptors (Lipinski definition) is 5. The molecule has 0 bridgehead atoms. The summed E-state index contributed by atoms with van der Waals surface area (Å²) in [5, 5.41) is 7.71. The van der Waals surface area contributed by atoms with Crippen molar-refractivity contribution in [2.75, 3.05) is 13.1 Å². The van der Waals surface area contributed by atoms with E-state index < -0.39 is 0 Å². The van der Waals surface area contributed by atoms with Gasteiger partial charge in [0.1, 0.15) is 12.3 Å². The van der Waals surface area contributed by atoms with Gasteiger partial charge in [0, 0.05) is 24.4 Å². The molecule has 0 aliphatic carbocycles. The van der Waals surface area contributed by atoms with Crippen LogP contribution in [0.25, 0.3) is 0 Å². The lowest BCUT2D eigenvalue weighted by molar-refractivity contribution is 0.473. The lowest BCUT2D eigenvalue weighted by atomic mass is 10.4. The fourth-order valence-corrected chi connectivity index (χ4v) is 2.96. The van der Waals surface area contributed by atoms with Crippen LogP contribution in [0, 0.1) is 27.7 Å². The number of nitrogens with one attached hydrogen (secondary N) is 2. The summed E-state index contributed by atoms with van der Waals surface area (Å²) < 4.78 is 5.55. The zero-order valence-corrected chi connectivity index (χ0v) is 18.0. The highest BCUT2D eigenvalue weighted by atomic mass is 127. The van der Waals surface area contributed by atoms with Gasteiger partial charge in [0.05, 0.1) is 16.4 Å². The average molecular weight is 463 g/mol. The third-order valence-corrected chi connectivity index (χ3v) is 4.63. The van der Waals surface area contributed by atoms with Crippen molar-refractivity contribution in [1.29, 1.82) is 0 Å². The van der Waals surface area contributed by atoms with E-state index in [2.05, 4.69) is 39.4 Å². The molecular weight excluding hydrogens is 437 g/mol. The molecule has 24 heavy (non-hydrogen) atoms. The van der Waals surface area contributed by atoms with Crippen molar-refractivity contribution in [2.45, 2.75) is 47.6 Å². The van der Waals surface area contributed by atoms with Crippen LogP contribution in [0.5, 0.6) is 0 Å². The monoisotopic (exact) mass is 463 g/mol. The average Bonchev–Trinajstić information content (AvgIpc) is 2.99. The second-order valence-corrected chi connectivity index (χ2v) is 6.66. The minimum absolute atomic E-state index is 0. The van der Waals surface area contributed by atoms with E-state index in [1.807, 2.05) is 20.8 Å². The Morgan fingerprint density at radius 2 is 1.88 bits per heavy atom. The number of hydrogen-bond donors (Lipinski definition) is 2. The van der Waals surface area contributed by atoms with E-state index >= 15 is 0 Å². The first-order valence-corrected chi connectivity index (χ1v) is 8.69. The Kier molecular flexibility index (Phi) is 8.68. The third-order valence-electron chi connectivity index (χ3n) is 3.49. The molecule has 0 aliphatic rings. The van der Waals surface area contributed by atoms with Crippen LogP contribution in [-0.4, -0.2) is 29.0 Å². The zero-order valence-electron chi connectivity index (χ0n) is 14.9. The summed E-state index contributed by atoms with van der Waals surface area (Å²) in [6.45, 7) is 12.1. The number of aromatic nitrogens is 2. The fourth-order valence-electron chi connectivity index (χ4n) is 2.03. The molecule has 0 spiro atoms. The van der Waals surface area contributed by atoms with Gasteiger partial charge in [-0.2, -0.15) is 0 Å². The summed E-state index contributed by atoms with van der Waals surface area (Å²) in [6, 6.07) is 0. The Balaban J connectivity index is 0.00000288. The molecule has 0 radical (unpaired) electrons. The van der Waals surface area contributed by atoms with Crippen LogP contribution >= 0.6 is 35.3 Å². The number of guanidine groups is 1. The van der Waals surface area contributed by atoms with Crippen LogP contribution < -0.4 is 10.6 Å². The molecule has 0 fully saturated rings. The van der Waals surface area contributed by atoms with Gasteiger partial charge in [-0.3, -0.25) is 0 Å². The van der Waals surface area contributed by atoms with Crippen molar-refractivity contribution >= 4 is 41.3 Å². The summed E-state index contributed by atoms with van der Waals surface area (Å²) in [7, 11) is 0. The maximum Gasteiger partial charge on any atom is 0.216 e. The van der Waals surface area contributed by atoms with E-state index in [1.54, 1.807) is 11.3 Å². The summed E-state index contributed by atoms with van der Waals surface area (Å²) in [5.74, 6) is 2.26. The van der Waals surface area contributed by atoms with Gasteiger partial charge in [0.25, 0.3) is 0 Å². The molecule has 2 aromatic heterocycles. The van der Waals surface area contributed by atoms with Crippen LogP contribution in [0.3, 0.4) is 0 Å². The lowest BCUT2D eigenvalue weighted by Gasteiger charge is -2.09. The van der Waals surface area contributed by atoms with Crippen LogP contribution in [0.2, 0.25) is 0 Å². The molecule has 0 amide bonds. The lowest BCUT2D eigenvalue weighted by Crippen LogP contribution is -2.38. The van der Waals surface area contributed by atoms with Gasteiger partial charge >= 0.3 is 0 Å². The molecule has 134 valence electrons.